The number of benzene rings is 1. The molecule has 2 rings (SSSR count). The highest BCUT2D eigenvalue weighted by Gasteiger charge is 2.08. The molecule has 1 aromatic heterocycles. The maximum absolute atomic E-state index is 5.01. The van der Waals surface area contributed by atoms with E-state index in [0.29, 0.717) is 0 Å². The number of nitrogens with one attached hydrogen (secondary N) is 1. The number of anilines is 1. The lowest BCUT2D eigenvalue weighted by Gasteiger charge is -2.20. The fourth-order valence-corrected chi connectivity index (χ4v) is 2.61. The van der Waals surface area contributed by atoms with Crippen LogP contribution in [0.25, 0.3) is 10.8 Å². The molecule has 108 valence electrons. The monoisotopic (exact) mass is 337 g/mol. The summed E-state index contributed by atoms with van der Waals surface area (Å²) in [6.07, 6.45) is 1.86. The number of methoxy groups -OCH3 is 1. The van der Waals surface area contributed by atoms with Gasteiger partial charge in [-0.25, -0.2) is 4.98 Å². The van der Waals surface area contributed by atoms with Crippen molar-refractivity contribution in [3.05, 3.63) is 34.9 Å². The first-order chi connectivity index (χ1) is 9.74. The molecule has 1 N–H and O–H groups in total. The third kappa shape index (κ3) is 3.69. The molecular formula is C15H20BrN3O. The standard InChI is InChI=1S/C15H20BrN3O/c1-19(10-8-17-9-11-20-2)15-13-4-3-5-14(16)12(13)6-7-18-15/h3-7,17H,8-11H2,1-2H3. The smallest absolute Gasteiger partial charge is 0.136 e. The minimum Gasteiger partial charge on any atom is -0.383 e. The molecule has 4 nitrogen and oxygen atoms in total. The summed E-state index contributed by atoms with van der Waals surface area (Å²) in [5.41, 5.74) is 0. The zero-order valence-corrected chi connectivity index (χ0v) is 13.5. The number of nitrogens with zero attached hydrogens (tertiary/aromatic N) is 2. The van der Waals surface area contributed by atoms with E-state index < -0.39 is 0 Å². The average Bonchev–Trinajstić information content (AvgIpc) is 2.47. The van der Waals surface area contributed by atoms with Gasteiger partial charge in [0, 0.05) is 55.2 Å². The van der Waals surface area contributed by atoms with E-state index in [2.05, 4.69) is 50.3 Å². The molecule has 0 spiro atoms. The Morgan fingerprint density at radius 3 is 2.90 bits per heavy atom. The summed E-state index contributed by atoms with van der Waals surface area (Å²) < 4.78 is 6.11. The minimum absolute atomic E-state index is 0.739. The third-order valence-electron chi connectivity index (χ3n) is 3.20. The van der Waals surface area contributed by atoms with Gasteiger partial charge in [0.25, 0.3) is 0 Å². The van der Waals surface area contributed by atoms with Crippen LogP contribution in [0.1, 0.15) is 0 Å². The van der Waals surface area contributed by atoms with Gasteiger partial charge >= 0.3 is 0 Å². The van der Waals surface area contributed by atoms with Crippen LogP contribution in [0.15, 0.2) is 34.9 Å². The fraction of sp³-hybridized carbons (Fsp3) is 0.400. The molecule has 1 heterocycles. The van der Waals surface area contributed by atoms with Crippen molar-refractivity contribution >= 4 is 32.5 Å². The molecule has 0 fully saturated rings. The largest absolute Gasteiger partial charge is 0.383 e. The molecule has 0 radical (unpaired) electrons. The van der Waals surface area contributed by atoms with E-state index in [9.17, 15) is 0 Å². The topological polar surface area (TPSA) is 37.4 Å². The first kappa shape index (κ1) is 15.2. The van der Waals surface area contributed by atoms with Crippen molar-refractivity contribution < 1.29 is 4.74 Å². The van der Waals surface area contributed by atoms with Gasteiger partial charge in [0.2, 0.25) is 0 Å². The number of pyridine rings is 1. The first-order valence-corrected chi connectivity index (χ1v) is 7.47. The number of aromatic nitrogens is 1. The molecule has 0 atom stereocenters. The highest BCUT2D eigenvalue weighted by molar-refractivity contribution is 9.10. The minimum atomic E-state index is 0.739. The third-order valence-corrected chi connectivity index (χ3v) is 3.89. The van der Waals surface area contributed by atoms with E-state index in [-0.39, 0.29) is 0 Å². The second-order valence-electron chi connectivity index (χ2n) is 4.63. The Labute approximate surface area is 128 Å². The number of ether oxygens (including phenoxy) is 1. The van der Waals surface area contributed by atoms with Crippen LogP contribution in [0.2, 0.25) is 0 Å². The molecule has 2 aromatic rings. The molecule has 0 saturated heterocycles. The van der Waals surface area contributed by atoms with Gasteiger partial charge in [0.15, 0.2) is 0 Å². The Balaban J connectivity index is 2.06. The van der Waals surface area contributed by atoms with Crippen molar-refractivity contribution in [1.82, 2.24) is 10.3 Å². The molecule has 0 aliphatic heterocycles. The van der Waals surface area contributed by atoms with Crippen molar-refractivity contribution in [1.29, 1.82) is 0 Å². The van der Waals surface area contributed by atoms with E-state index in [1.54, 1.807) is 7.11 Å². The lowest BCUT2D eigenvalue weighted by Crippen LogP contribution is -2.31. The van der Waals surface area contributed by atoms with Crippen LogP contribution in [-0.4, -0.2) is 45.4 Å². The summed E-state index contributed by atoms with van der Waals surface area (Å²) in [4.78, 5) is 6.69. The SMILES string of the molecule is COCCNCCN(C)c1nccc2c(Br)cccc12. The molecule has 5 heteroatoms. The van der Waals surface area contributed by atoms with Crippen LogP contribution in [0.5, 0.6) is 0 Å². The lowest BCUT2D eigenvalue weighted by molar-refractivity contribution is 0.200. The van der Waals surface area contributed by atoms with E-state index in [0.717, 1.165) is 36.5 Å². The summed E-state index contributed by atoms with van der Waals surface area (Å²) in [6, 6.07) is 8.24. The van der Waals surface area contributed by atoms with E-state index in [4.69, 9.17) is 4.74 Å². The Kier molecular flexibility index (Phi) is 5.76. The number of fused-ring (bicyclic) bond motifs is 1. The van der Waals surface area contributed by atoms with Crippen molar-refractivity contribution in [3.63, 3.8) is 0 Å². The van der Waals surface area contributed by atoms with Gasteiger partial charge in [-0.05, 0) is 12.1 Å². The van der Waals surface area contributed by atoms with Crippen LogP contribution in [0.3, 0.4) is 0 Å². The number of hydrogen-bond donors (Lipinski definition) is 1. The van der Waals surface area contributed by atoms with Gasteiger partial charge < -0.3 is 15.0 Å². The second kappa shape index (κ2) is 7.57. The molecule has 0 saturated carbocycles. The van der Waals surface area contributed by atoms with E-state index in [1.165, 1.54) is 10.8 Å². The van der Waals surface area contributed by atoms with Crippen LogP contribution in [0, 0.1) is 0 Å². The van der Waals surface area contributed by atoms with Crippen molar-refractivity contribution in [2.24, 2.45) is 0 Å². The Morgan fingerprint density at radius 2 is 2.10 bits per heavy atom. The molecule has 1 aromatic carbocycles. The van der Waals surface area contributed by atoms with E-state index in [1.807, 2.05) is 18.3 Å². The van der Waals surface area contributed by atoms with Crippen LogP contribution in [0.4, 0.5) is 5.82 Å². The van der Waals surface area contributed by atoms with Gasteiger partial charge in [0.1, 0.15) is 5.82 Å². The van der Waals surface area contributed by atoms with Crippen LogP contribution in [-0.2, 0) is 4.74 Å². The average molecular weight is 338 g/mol. The first-order valence-electron chi connectivity index (χ1n) is 6.68. The molecule has 0 unspecified atom stereocenters. The zero-order valence-electron chi connectivity index (χ0n) is 11.9. The normalized spacial score (nSPS) is 10.9. The maximum Gasteiger partial charge on any atom is 0.136 e. The number of likely N-dealkylation sites (N-methyl/N-ethyl adjacent to an activating group) is 1. The summed E-state index contributed by atoms with van der Waals surface area (Å²) >= 11 is 3.59. The van der Waals surface area contributed by atoms with Gasteiger partial charge in [-0.15, -0.1) is 0 Å². The van der Waals surface area contributed by atoms with Crippen molar-refractivity contribution in [3.8, 4) is 0 Å². The molecule has 0 aliphatic carbocycles. The van der Waals surface area contributed by atoms with Crippen molar-refractivity contribution in [2.75, 3.05) is 45.3 Å². The summed E-state index contributed by atoms with van der Waals surface area (Å²) in [5, 5.41) is 5.70. The molecule has 0 bridgehead atoms. The Bertz CT molecular complexity index is 562. The summed E-state index contributed by atoms with van der Waals surface area (Å²) in [5.74, 6) is 1.01. The zero-order chi connectivity index (χ0) is 14.4. The fourth-order valence-electron chi connectivity index (χ4n) is 2.11. The molecular weight excluding hydrogens is 318 g/mol. The summed E-state index contributed by atoms with van der Waals surface area (Å²) in [6.45, 7) is 3.43. The highest BCUT2D eigenvalue weighted by atomic mass is 79.9. The highest BCUT2D eigenvalue weighted by Crippen LogP contribution is 2.28. The number of halogens is 1. The second-order valence-corrected chi connectivity index (χ2v) is 5.49. The number of hydrogen-bond acceptors (Lipinski definition) is 4. The van der Waals surface area contributed by atoms with Gasteiger partial charge in [-0.1, -0.05) is 28.1 Å². The van der Waals surface area contributed by atoms with Gasteiger partial charge in [-0.3, -0.25) is 0 Å². The van der Waals surface area contributed by atoms with Crippen molar-refractivity contribution in [2.45, 2.75) is 0 Å². The molecule has 20 heavy (non-hydrogen) atoms. The molecule has 0 amide bonds. The maximum atomic E-state index is 5.01. The Hall–Kier alpha value is -1.17. The van der Waals surface area contributed by atoms with Gasteiger partial charge in [0.05, 0.1) is 6.61 Å². The Morgan fingerprint density at radius 1 is 1.25 bits per heavy atom. The van der Waals surface area contributed by atoms with E-state index >= 15 is 0 Å². The van der Waals surface area contributed by atoms with Crippen LogP contribution >= 0.6 is 15.9 Å². The quantitative estimate of drug-likeness (QED) is 0.788. The van der Waals surface area contributed by atoms with Crippen LogP contribution < -0.4 is 10.2 Å². The van der Waals surface area contributed by atoms with Gasteiger partial charge in [-0.2, -0.15) is 0 Å². The number of rotatable bonds is 7. The molecule has 0 aliphatic rings. The lowest BCUT2D eigenvalue weighted by atomic mass is 10.1. The predicted octanol–water partition coefficient (Wildman–Crippen LogP) is 2.67. The predicted molar refractivity (Wildman–Crippen MR) is 87.5 cm³/mol. The summed E-state index contributed by atoms with van der Waals surface area (Å²) in [7, 11) is 3.78.